The molecule has 1 atom stereocenters. The number of hydrogen-bond acceptors (Lipinski definition) is 10. The maximum Gasteiger partial charge on any atom is 0.234 e. The van der Waals surface area contributed by atoms with E-state index in [0.29, 0.717) is 56.3 Å². The van der Waals surface area contributed by atoms with Gasteiger partial charge in [-0.15, -0.1) is 10.2 Å². The largest absolute Gasteiger partial charge is 0.384 e. The van der Waals surface area contributed by atoms with Crippen LogP contribution >= 0.6 is 46.3 Å². The number of benzene rings is 1. The Labute approximate surface area is 236 Å². The van der Waals surface area contributed by atoms with Gasteiger partial charge in [-0.2, -0.15) is 5.26 Å². The number of halogens is 2. The molecule has 1 amide bonds. The van der Waals surface area contributed by atoms with Crippen molar-refractivity contribution in [3.8, 4) is 6.07 Å². The molecule has 0 bridgehead atoms. The Morgan fingerprint density at radius 1 is 1.24 bits per heavy atom. The summed E-state index contributed by atoms with van der Waals surface area (Å²) in [6.07, 6.45) is 3.14. The minimum absolute atomic E-state index is 0.0498. The summed E-state index contributed by atoms with van der Waals surface area (Å²) in [7, 11) is 0. The average Bonchev–Trinajstić information content (AvgIpc) is 3.37. The molecule has 1 unspecified atom stereocenters. The van der Waals surface area contributed by atoms with Crippen LogP contribution in [-0.4, -0.2) is 32.6 Å². The van der Waals surface area contributed by atoms with Crippen LogP contribution in [0.5, 0.6) is 0 Å². The molecular formula is C25H19Cl2N7O2S2. The number of carbonyl (C=O) groups is 2. The molecule has 0 fully saturated rings. The Balaban J connectivity index is 1.44. The van der Waals surface area contributed by atoms with Crippen molar-refractivity contribution in [1.29, 1.82) is 5.26 Å². The van der Waals surface area contributed by atoms with Crippen molar-refractivity contribution in [2.24, 2.45) is 5.73 Å². The van der Waals surface area contributed by atoms with Crippen molar-refractivity contribution < 1.29 is 9.59 Å². The molecule has 2 aromatic heterocycles. The van der Waals surface area contributed by atoms with Gasteiger partial charge in [-0.1, -0.05) is 64.5 Å². The SMILES string of the molecule is N#CC1=C(N)N(c2nnc(SCC(=O)Nc3cccnc3Cl)s2)C2=C(C(=O)CCC2)C1c1ccccc1Cl. The number of hydrogen-bond donors (Lipinski definition) is 2. The first kappa shape index (κ1) is 26.2. The van der Waals surface area contributed by atoms with Crippen LogP contribution in [0.3, 0.4) is 0 Å². The smallest absolute Gasteiger partial charge is 0.234 e. The zero-order chi connectivity index (χ0) is 26.8. The van der Waals surface area contributed by atoms with E-state index < -0.39 is 5.92 Å². The highest BCUT2D eigenvalue weighted by Gasteiger charge is 2.41. The summed E-state index contributed by atoms with van der Waals surface area (Å²) in [5.41, 5.74) is 9.07. The molecule has 5 rings (SSSR count). The number of rotatable bonds is 6. The van der Waals surface area contributed by atoms with Gasteiger partial charge in [0.1, 0.15) is 5.82 Å². The van der Waals surface area contributed by atoms with E-state index in [-0.39, 0.29) is 34.0 Å². The van der Waals surface area contributed by atoms with Crippen LogP contribution in [0.15, 0.2) is 69.6 Å². The van der Waals surface area contributed by atoms with E-state index in [0.717, 1.165) is 0 Å². The highest BCUT2D eigenvalue weighted by Crippen LogP contribution is 2.48. The molecule has 13 heteroatoms. The highest BCUT2D eigenvalue weighted by molar-refractivity contribution is 8.01. The van der Waals surface area contributed by atoms with Crippen molar-refractivity contribution in [1.82, 2.24) is 15.2 Å². The summed E-state index contributed by atoms with van der Waals surface area (Å²) in [5.74, 6) is -0.738. The Hall–Kier alpha value is -3.43. The van der Waals surface area contributed by atoms with E-state index >= 15 is 0 Å². The van der Waals surface area contributed by atoms with Crippen molar-refractivity contribution in [3.63, 3.8) is 0 Å². The van der Waals surface area contributed by atoms with E-state index in [1.54, 1.807) is 29.2 Å². The van der Waals surface area contributed by atoms with Crippen molar-refractivity contribution in [2.45, 2.75) is 29.5 Å². The standard InChI is InChI=1S/C25H19Cl2N7O2S2/c26-15-6-2-1-5-13(15)20-14(11-28)23(29)34(17-8-3-9-18(35)21(17)20)24-32-33-25(38-24)37-12-19(36)31-16-7-4-10-30-22(16)27/h1-2,4-7,10,20H,3,8-9,12,29H2,(H,31,36). The van der Waals surface area contributed by atoms with Crippen molar-refractivity contribution >= 4 is 68.8 Å². The first-order valence-corrected chi connectivity index (χ1v) is 14.0. The molecule has 192 valence electrons. The zero-order valence-electron chi connectivity index (χ0n) is 19.6. The monoisotopic (exact) mass is 583 g/mol. The molecule has 3 N–H and O–H groups in total. The number of allylic oxidation sites excluding steroid dienone is 3. The summed E-state index contributed by atoms with van der Waals surface area (Å²) in [6, 6.07) is 12.7. The second-order valence-corrected chi connectivity index (χ2v) is 11.3. The number of nitrogens with zero attached hydrogens (tertiary/aromatic N) is 5. The Kier molecular flexibility index (Phi) is 7.67. The van der Waals surface area contributed by atoms with Gasteiger partial charge in [0, 0.05) is 28.9 Å². The quantitative estimate of drug-likeness (QED) is 0.293. The van der Waals surface area contributed by atoms with E-state index in [9.17, 15) is 14.9 Å². The summed E-state index contributed by atoms with van der Waals surface area (Å²) in [6.45, 7) is 0. The predicted molar refractivity (Wildman–Crippen MR) is 148 cm³/mol. The number of pyridine rings is 1. The Bertz CT molecular complexity index is 1550. The number of Topliss-reactive ketones (excluding diaryl/α,β-unsaturated/α-hetero) is 1. The Morgan fingerprint density at radius 2 is 2.05 bits per heavy atom. The van der Waals surface area contributed by atoms with Gasteiger partial charge >= 0.3 is 0 Å². The van der Waals surface area contributed by atoms with Crippen LogP contribution in [0, 0.1) is 11.3 Å². The molecule has 0 saturated carbocycles. The lowest BCUT2D eigenvalue weighted by Gasteiger charge is -2.38. The minimum atomic E-state index is -0.655. The number of amides is 1. The normalized spacial score (nSPS) is 17.3. The molecule has 0 saturated heterocycles. The van der Waals surface area contributed by atoms with Crippen LogP contribution in [0.2, 0.25) is 10.2 Å². The van der Waals surface area contributed by atoms with Crippen LogP contribution < -0.4 is 16.0 Å². The van der Waals surface area contributed by atoms with Gasteiger partial charge in [0.05, 0.1) is 29.0 Å². The van der Waals surface area contributed by atoms with Crippen LogP contribution in [0.4, 0.5) is 10.8 Å². The molecule has 0 radical (unpaired) electrons. The second kappa shape index (κ2) is 11.1. The van der Waals surface area contributed by atoms with Crippen molar-refractivity contribution in [3.05, 3.63) is 81.0 Å². The lowest BCUT2D eigenvalue weighted by Crippen LogP contribution is -2.38. The van der Waals surface area contributed by atoms with Crippen LogP contribution in [0.1, 0.15) is 30.7 Å². The molecule has 2 aliphatic rings. The average molecular weight is 585 g/mol. The van der Waals surface area contributed by atoms with Gasteiger partial charge in [0.2, 0.25) is 11.0 Å². The number of anilines is 2. The maximum atomic E-state index is 13.2. The number of nitrogens with two attached hydrogens (primary N) is 1. The van der Waals surface area contributed by atoms with E-state index in [2.05, 4.69) is 26.6 Å². The van der Waals surface area contributed by atoms with Crippen molar-refractivity contribution in [2.75, 3.05) is 16.0 Å². The number of carbonyl (C=O) groups excluding carboxylic acids is 2. The molecule has 3 heterocycles. The topological polar surface area (TPSA) is 138 Å². The van der Waals surface area contributed by atoms with E-state index in [1.165, 1.54) is 29.3 Å². The predicted octanol–water partition coefficient (Wildman–Crippen LogP) is 5.28. The second-order valence-electron chi connectivity index (χ2n) is 8.37. The first-order valence-electron chi connectivity index (χ1n) is 11.5. The molecular weight excluding hydrogens is 565 g/mol. The first-order chi connectivity index (χ1) is 18.4. The van der Waals surface area contributed by atoms with Crippen LogP contribution in [-0.2, 0) is 9.59 Å². The number of nitriles is 1. The summed E-state index contributed by atoms with van der Waals surface area (Å²) >= 11 is 14.9. The summed E-state index contributed by atoms with van der Waals surface area (Å²) < 4.78 is 0.524. The van der Waals surface area contributed by atoms with E-state index in [1.807, 2.05) is 12.1 Å². The number of aromatic nitrogens is 3. The fourth-order valence-electron chi connectivity index (χ4n) is 4.47. The molecule has 1 aliphatic carbocycles. The Morgan fingerprint density at radius 3 is 2.82 bits per heavy atom. The lowest BCUT2D eigenvalue weighted by molar-refractivity contribution is -0.116. The van der Waals surface area contributed by atoms with Crippen LogP contribution in [0.25, 0.3) is 0 Å². The number of thioether (sulfide) groups is 1. The summed E-state index contributed by atoms with van der Waals surface area (Å²) in [5, 5.41) is 22.4. The van der Waals surface area contributed by atoms with E-state index in [4.69, 9.17) is 28.9 Å². The summed E-state index contributed by atoms with van der Waals surface area (Å²) in [4.78, 5) is 31.2. The molecule has 1 aromatic carbocycles. The minimum Gasteiger partial charge on any atom is -0.384 e. The lowest BCUT2D eigenvalue weighted by atomic mass is 9.76. The third kappa shape index (κ3) is 5.00. The maximum absolute atomic E-state index is 13.2. The number of nitrogens with one attached hydrogen (secondary N) is 1. The molecule has 9 nitrogen and oxygen atoms in total. The number of ketones is 1. The molecule has 3 aromatic rings. The molecule has 1 aliphatic heterocycles. The van der Waals surface area contributed by atoms with Gasteiger partial charge < -0.3 is 11.1 Å². The highest BCUT2D eigenvalue weighted by atomic mass is 35.5. The molecule has 0 spiro atoms. The van der Waals surface area contributed by atoms with Gasteiger partial charge in [0.15, 0.2) is 15.3 Å². The van der Waals surface area contributed by atoms with Gasteiger partial charge in [-0.05, 0) is 36.6 Å². The third-order valence-electron chi connectivity index (χ3n) is 6.08. The van der Waals surface area contributed by atoms with Gasteiger partial charge in [0.25, 0.3) is 0 Å². The fraction of sp³-hybridized carbons (Fsp3) is 0.200. The third-order valence-corrected chi connectivity index (χ3v) is 8.76. The van der Waals surface area contributed by atoms with Gasteiger partial charge in [-0.3, -0.25) is 14.5 Å². The van der Waals surface area contributed by atoms with Gasteiger partial charge in [-0.25, -0.2) is 4.98 Å². The molecule has 38 heavy (non-hydrogen) atoms. The fourth-order valence-corrected chi connectivity index (χ4v) is 6.56. The zero-order valence-corrected chi connectivity index (χ0v) is 22.8.